The number of hydrogen-bond acceptors (Lipinski definition) is 9. The number of phenolic OH excluding ortho intramolecular Hbond substituents is 1. The third-order valence-corrected chi connectivity index (χ3v) is 6.23. The summed E-state index contributed by atoms with van der Waals surface area (Å²) in [6.45, 7) is 10.7. The molecule has 0 spiro atoms. The average molecular weight is 468 g/mol. The van der Waals surface area contributed by atoms with E-state index in [4.69, 9.17) is 18.9 Å². The van der Waals surface area contributed by atoms with Gasteiger partial charge in [0.05, 0.1) is 11.1 Å². The van der Waals surface area contributed by atoms with E-state index in [9.17, 15) is 24.3 Å². The maximum atomic E-state index is 13.7. The lowest BCUT2D eigenvalue weighted by Crippen LogP contribution is -2.29. The molecular weight excluding hydrogens is 444 g/mol. The number of hydrogen-bond donors (Lipinski definition) is 1. The first-order valence-electron chi connectivity index (χ1n) is 10.6. The van der Waals surface area contributed by atoms with Gasteiger partial charge in [-0.2, -0.15) is 0 Å². The van der Waals surface area contributed by atoms with Crippen molar-refractivity contribution in [2.24, 2.45) is 0 Å². The largest absolute Gasteiger partial charge is 0.507 e. The number of aromatic hydroxyl groups is 1. The van der Waals surface area contributed by atoms with Gasteiger partial charge < -0.3 is 24.1 Å². The highest BCUT2D eigenvalue weighted by atomic mass is 16.6. The molecule has 0 saturated carbocycles. The zero-order chi connectivity index (χ0) is 25.3. The molecule has 1 aliphatic carbocycles. The van der Waals surface area contributed by atoms with Crippen LogP contribution in [0.1, 0.15) is 68.6 Å². The maximum absolute atomic E-state index is 13.7. The maximum Gasteiger partial charge on any atom is 0.308 e. The third kappa shape index (κ3) is 3.22. The lowest BCUT2D eigenvalue weighted by molar-refractivity contribution is -0.138. The van der Waals surface area contributed by atoms with Crippen molar-refractivity contribution < 1.29 is 43.2 Å². The highest BCUT2D eigenvalue weighted by Crippen LogP contribution is 2.57. The number of esters is 3. The summed E-state index contributed by atoms with van der Waals surface area (Å²) in [6.07, 6.45) is -0.340. The minimum absolute atomic E-state index is 0.0240. The second kappa shape index (κ2) is 7.58. The molecule has 34 heavy (non-hydrogen) atoms. The summed E-state index contributed by atoms with van der Waals surface area (Å²) in [6, 6.07) is 1.55. The number of carbonyl (C=O) groups excluding carboxylic acids is 4. The standard InChI is InChI=1S/C25H24O9/c1-9-8-14(32-11(3)26)16-17-15(9)22-19(25(6,7)10(2)31-22)20(29)18(17)21(30)24(34-13(5)28)23(16)33-12(4)27/h8,10,29H,1-7H3/t10-/m0/s1. The molecule has 0 fully saturated rings. The van der Waals surface area contributed by atoms with E-state index >= 15 is 0 Å². The molecule has 4 rings (SSSR count). The molecule has 9 nitrogen and oxygen atoms in total. The molecule has 2 aromatic rings. The van der Waals surface area contributed by atoms with E-state index < -0.39 is 34.9 Å². The van der Waals surface area contributed by atoms with Crippen molar-refractivity contribution in [2.75, 3.05) is 0 Å². The fourth-order valence-corrected chi connectivity index (χ4v) is 4.54. The Morgan fingerprint density at radius 1 is 0.941 bits per heavy atom. The van der Waals surface area contributed by atoms with Gasteiger partial charge in [-0.15, -0.1) is 0 Å². The SMILES string of the molecule is CC(=O)OC1=C(OC(C)=O)c2c(OC(C)=O)cc(C)c3c4c(c(O)c(c23)C1=O)C(C)(C)[C@H](C)O4. The Hall–Kier alpha value is -3.88. The van der Waals surface area contributed by atoms with Gasteiger partial charge in [0, 0.05) is 42.5 Å². The Morgan fingerprint density at radius 2 is 1.50 bits per heavy atom. The molecule has 0 radical (unpaired) electrons. The van der Waals surface area contributed by atoms with E-state index in [-0.39, 0.29) is 39.9 Å². The number of fused-ring (bicyclic) bond motifs is 2. The van der Waals surface area contributed by atoms with Gasteiger partial charge in [-0.1, -0.05) is 13.8 Å². The van der Waals surface area contributed by atoms with Crippen molar-refractivity contribution >= 4 is 40.2 Å². The van der Waals surface area contributed by atoms with Crippen LogP contribution in [0.25, 0.3) is 16.5 Å². The lowest BCUT2D eigenvalue weighted by Gasteiger charge is -2.27. The number of aryl methyl sites for hydroxylation is 1. The monoisotopic (exact) mass is 468 g/mol. The summed E-state index contributed by atoms with van der Waals surface area (Å²) in [5.74, 6) is -4.11. The zero-order valence-electron chi connectivity index (χ0n) is 19.9. The van der Waals surface area contributed by atoms with Gasteiger partial charge in [0.15, 0.2) is 5.76 Å². The zero-order valence-corrected chi connectivity index (χ0v) is 19.9. The van der Waals surface area contributed by atoms with Gasteiger partial charge in [0.25, 0.3) is 0 Å². The molecule has 1 aliphatic heterocycles. The van der Waals surface area contributed by atoms with Crippen LogP contribution in [0.3, 0.4) is 0 Å². The van der Waals surface area contributed by atoms with Crippen molar-refractivity contribution in [2.45, 2.75) is 60.0 Å². The van der Waals surface area contributed by atoms with Crippen molar-refractivity contribution in [3.8, 4) is 17.2 Å². The summed E-state index contributed by atoms with van der Waals surface area (Å²) in [5.41, 5.74) is 0.244. The predicted molar refractivity (Wildman–Crippen MR) is 120 cm³/mol. The van der Waals surface area contributed by atoms with Gasteiger partial charge >= 0.3 is 17.9 Å². The molecule has 0 unspecified atom stereocenters. The number of ketones is 1. The van der Waals surface area contributed by atoms with Crippen LogP contribution in [-0.4, -0.2) is 34.9 Å². The fraction of sp³-hybridized carbons (Fsp3) is 0.360. The lowest BCUT2D eigenvalue weighted by atomic mass is 9.76. The van der Waals surface area contributed by atoms with Crippen molar-refractivity contribution in [1.82, 2.24) is 0 Å². The summed E-state index contributed by atoms with van der Waals surface area (Å²) in [4.78, 5) is 49.4. The van der Waals surface area contributed by atoms with E-state index in [2.05, 4.69) is 0 Å². The second-order valence-corrected chi connectivity index (χ2v) is 8.99. The normalized spacial score (nSPS) is 17.9. The van der Waals surface area contributed by atoms with E-state index in [1.165, 1.54) is 6.92 Å². The highest BCUT2D eigenvalue weighted by Gasteiger charge is 2.47. The first-order valence-corrected chi connectivity index (χ1v) is 10.6. The number of rotatable bonds is 3. The van der Waals surface area contributed by atoms with E-state index in [0.717, 1.165) is 13.8 Å². The molecule has 0 saturated heterocycles. The number of carbonyl (C=O) groups is 4. The summed E-state index contributed by atoms with van der Waals surface area (Å²) < 4.78 is 22.1. The number of benzene rings is 2. The van der Waals surface area contributed by atoms with Crippen LogP contribution in [0.2, 0.25) is 0 Å². The Morgan fingerprint density at radius 3 is 2.06 bits per heavy atom. The summed E-state index contributed by atoms with van der Waals surface area (Å²) >= 11 is 0. The molecule has 0 bridgehead atoms. The Labute approximate surface area is 195 Å². The molecule has 0 aromatic heterocycles. The van der Waals surface area contributed by atoms with Crippen LogP contribution in [0.5, 0.6) is 17.2 Å². The smallest absolute Gasteiger partial charge is 0.308 e. The van der Waals surface area contributed by atoms with Gasteiger partial charge in [-0.25, -0.2) is 0 Å². The first kappa shape index (κ1) is 23.3. The van der Waals surface area contributed by atoms with Crippen LogP contribution in [0.15, 0.2) is 11.8 Å². The van der Waals surface area contributed by atoms with Crippen LogP contribution in [-0.2, 0) is 29.3 Å². The summed E-state index contributed by atoms with van der Waals surface area (Å²) in [7, 11) is 0. The van der Waals surface area contributed by atoms with Gasteiger partial charge in [0.2, 0.25) is 11.5 Å². The number of Topliss-reactive ketones (excluding diaryl/α,β-unsaturated/α-hetero) is 1. The highest BCUT2D eigenvalue weighted by molar-refractivity contribution is 6.28. The molecule has 1 heterocycles. The van der Waals surface area contributed by atoms with Crippen LogP contribution in [0, 0.1) is 6.92 Å². The molecule has 1 atom stereocenters. The molecule has 178 valence electrons. The number of allylic oxidation sites excluding steroid dienone is 1. The predicted octanol–water partition coefficient (Wildman–Crippen LogP) is 3.83. The van der Waals surface area contributed by atoms with Gasteiger partial charge in [-0.05, 0) is 25.5 Å². The number of ether oxygens (including phenoxy) is 4. The number of phenols is 1. The van der Waals surface area contributed by atoms with Crippen LogP contribution >= 0.6 is 0 Å². The van der Waals surface area contributed by atoms with Crippen molar-refractivity contribution in [3.05, 3.63) is 34.1 Å². The van der Waals surface area contributed by atoms with Gasteiger partial charge in [0.1, 0.15) is 23.4 Å². The molecule has 0 amide bonds. The van der Waals surface area contributed by atoms with Crippen molar-refractivity contribution in [1.29, 1.82) is 0 Å². The Kier molecular flexibility index (Phi) is 5.19. The minimum Gasteiger partial charge on any atom is -0.507 e. The fourth-order valence-electron chi connectivity index (χ4n) is 4.54. The Bertz CT molecular complexity index is 1360. The quantitative estimate of drug-likeness (QED) is 0.528. The molecule has 2 aromatic carbocycles. The molecular formula is C25H24O9. The van der Waals surface area contributed by atoms with E-state index in [1.54, 1.807) is 13.0 Å². The molecule has 1 N–H and O–H groups in total. The Balaban J connectivity index is 2.26. The second-order valence-electron chi connectivity index (χ2n) is 8.99. The topological polar surface area (TPSA) is 125 Å². The van der Waals surface area contributed by atoms with E-state index in [0.29, 0.717) is 22.3 Å². The van der Waals surface area contributed by atoms with Crippen LogP contribution in [0.4, 0.5) is 0 Å². The first-order chi connectivity index (χ1) is 15.8. The van der Waals surface area contributed by atoms with E-state index in [1.807, 2.05) is 20.8 Å². The minimum atomic E-state index is -0.848. The van der Waals surface area contributed by atoms with Gasteiger partial charge in [-0.3, -0.25) is 19.2 Å². The molecule has 2 aliphatic rings. The third-order valence-electron chi connectivity index (χ3n) is 6.23. The average Bonchev–Trinajstić information content (AvgIpc) is 2.92. The molecule has 9 heteroatoms. The summed E-state index contributed by atoms with van der Waals surface area (Å²) in [5, 5.41) is 12.1. The van der Waals surface area contributed by atoms with Crippen LogP contribution < -0.4 is 9.47 Å². The van der Waals surface area contributed by atoms with Crippen molar-refractivity contribution in [3.63, 3.8) is 0 Å².